The predicted molar refractivity (Wildman–Crippen MR) is 113 cm³/mol. The normalized spacial score (nSPS) is 23.8. The fourth-order valence-electron chi connectivity index (χ4n) is 5.19. The molecule has 5 rings (SSSR count). The van der Waals surface area contributed by atoms with Crippen LogP contribution in [0.5, 0.6) is 5.88 Å². The first kappa shape index (κ1) is 21.8. The predicted octanol–water partition coefficient (Wildman–Crippen LogP) is 3.45. The number of benzene rings is 1. The topological polar surface area (TPSA) is 72.0 Å². The largest absolute Gasteiger partial charge is 0.477 e. The van der Waals surface area contributed by atoms with Crippen LogP contribution in [-0.4, -0.2) is 58.1 Å². The molecule has 7 nitrogen and oxygen atoms in total. The molecular weight excluding hydrogens is 432 g/mol. The average Bonchev–Trinajstić information content (AvgIpc) is 3.32. The first-order valence-electron chi connectivity index (χ1n) is 11.3. The van der Waals surface area contributed by atoms with Crippen LogP contribution < -0.4 is 4.74 Å². The second-order valence-electron chi connectivity index (χ2n) is 8.66. The number of rotatable bonds is 4. The van der Waals surface area contributed by atoms with Gasteiger partial charge in [-0.05, 0) is 49.6 Å². The average molecular weight is 457 g/mol. The molecule has 0 saturated carbocycles. The van der Waals surface area contributed by atoms with Crippen LogP contribution in [0, 0.1) is 11.6 Å². The summed E-state index contributed by atoms with van der Waals surface area (Å²) in [5.41, 5.74) is -0.177. The molecule has 2 amide bonds. The van der Waals surface area contributed by atoms with Crippen molar-refractivity contribution in [1.82, 2.24) is 14.8 Å². The van der Waals surface area contributed by atoms with E-state index in [0.29, 0.717) is 62.4 Å². The summed E-state index contributed by atoms with van der Waals surface area (Å²) in [5.74, 6) is -1.39. The fraction of sp³-hybridized carbons (Fsp3) is 0.458. The number of pyridine rings is 1. The maximum absolute atomic E-state index is 13.8. The minimum Gasteiger partial charge on any atom is -0.477 e. The molecular formula is C24H25F2N3O4. The van der Waals surface area contributed by atoms with E-state index in [0.717, 1.165) is 6.07 Å². The molecule has 3 fully saturated rings. The van der Waals surface area contributed by atoms with E-state index in [1.807, 2.05) is 6.92 Å². The third-order valence-corrected chi connectivity index (χ3v) is 6.73. The molecule has 0 bridgehead atoms. The van der Waals surface area contributed by atoms with Crippen molar-refractivity contribution in [1.29, 1.82) is 0 Å². The number of halogens is 2. The first-order chi connectivity index (χ1) is 15.9. The van der Waals surface area contributed by atoms with Crippen LogP contribution in [0.25, 0.3) is 0 Å². The Morgan fingerprint density at radius 1 is 1.21 bits per heavy atom. The summed E-state index contributed by atoms with van der Waals surface area (Å²) in [4.78, 5) is 34.0. The summed E-state index contributed by atoms with van der Waals surface area (Å²) < 4.78 is 39.3. The van der Waals surface area contributed by atoms with Gasteiger partial charge >= 0.3 is 0 Å². The Kier molecular flexibility index (Phi) is 5.52. The third-order valence-electron chi connectivity index (χ3n) is 6.73. The van der Waals surface area contributed by atoms with Gasteiger partial charge in [-0.15, -0.1) is 0 Å². The van der Waals surface area contributed by atoms with Gasteiger partial charge in [-0.1, -0.05) is 0 Å². The fourth-order valence-corrected chi connectivity index (χ4v) is 5.19. The minimum absolute atomic E-state index is 0.164. The number of carbonyl (C=O) groups is 2. The van der Waals surface area contributed by atoms with Crippen molar-refractivity contribution in [2.75, 3.05) is 19.7 Å². The van der Waals surface area contributed by atoms with Gasteiger partial charge in [-0.2, -0.15) is 0 Å². The Labute approximate surface area is 190 Å². The summed E-state index contributed by atoms with van der Waals surface area (Å²) in [5, 5.41) is 0. The van der Waals surface area contributed by atoms with Crippen LogP contribution >= 0.6 is 0 Å². The third kappa shape index (κ3) is 3.74. The van der Waals surface area contributed by atoms with Crippen molar-refractivity contribution in [3.63, 3.8) is 0 Å². The highest BCUT2D eigenvalue weighted by Gasteiger charge is 2.58. The van der Waals surface area contributed by atoms with Crippen molar-refractivity contribution in [2.45, 2.75) is 50.5 Å². The molecule has 0 aliphatic carbocycles. The molecule has 33 heavy (non-hydrogen) atoms. The molecule has 3 saturated heterocycles. The van der Waals surface area contributed by atoms with Gasteiger partial charge in [0.05, 0.1) is 12.6 Å². The van der Waals surface area contributed by atoms with Crippen molar-refractivity contribution < 1.29 is 27.8 Å². The van der Waals surface area contributed by atoms with Gasteiger partial charge in [-0.25, -0.2) is 13.8 Å². The number of hydrogen-bond donors (Lipinski definition) is 0. The lowest BCUT2D eigenvalue weighted by molar-refractivity contribution is -0.142. The number of carbonyl (C=O) groups excluding carboxylic acids is 2. The first-order valence-corrected chi connectivity index (χ1v) is 11.3. The van der Waals surface area contributed by atoms with Crippen LogP contribution in [0.15, 0.2) is 36.5 Å². The molecule has 0 unspecified atom stereocenters. The van der Waals surface area contributed by atoms with Crippen LogP contribution in [0.3, 0.4) is 0 Å². The molecule has 3 aliphatic heterocycles. The highest BCUT2D eigenvalue weighted by atomic mass is 19.1. The Morgan fingerprint density at radius 3 is 2.64 bits per heavy atom. The van der Waals surface area contributed by atoms with E-state index in [2.05, 4.69) is 4.98 Å². The highest BCUT2D eigenvalue weighted by molar-refractivity contribution is 5.97. The van der Waals surface area contributed by atoms with Crippen molar-refractivity contribution in [3.8, 4) is 5.88 Å². The van der Waals surface area contributed by atoms with Crippen molar-refractivity contribution in [2.24, 2.45) is 0 Å². The molecule has 3 aliphatic rings. The van der Waals surface area contributed by atoms with Crippen LogP contribution in [-0.2, 0) is 9.53 Å². The standard InChI is InChI=1S/C24H25F2N3O4/c1-2-32-21-18(4-3-9-27-21)22(30)28-10-7-24(8-11-28)23(31)29-19(5-6-20(29)33-24)15-12-16(25)14-17(26)13-15/h3-4,9,12-14,19-20H,2,5-8,10-11H2,1H3/t19-,20+/m0/s1. The second-order valence-corrected chi connectivity index (χ2v) is 8.66. The van der Waals surface area contributed by atoms with Crippen LogP contribution in [0.2, 0.25) is 0 Å². The number of piperidine rings is 1. The maximum Gasteiger partial charge on any atom is 0.259 e. The number of ether oxygens (including phenoxy) is 2. The summed E-state index contributed by atoms with van der Waals surface area (Å²) in [6, 6.07) is 6.33. The molecule has 1 aromatic carbocycles. The van der Waals surface area contributed by atoms with E-state index in [4.69, 9.17) is 9.47 Å². The van der Waals surface area contributed by atoms with Gasteiger partial charge in [0.2, 0.25) is 5.88 Å². The summed E-state index contributed by atoms with van der Waals surface area (Å²) in [6.07, 6.45) is 3.07. The Hall–Kier alpha value is -3.07. The zero-order chi connectivity index (χ0) is 23.2. The van der Waals surface area contributed by atoms with Gasteiger partial charge in [0.1, 0.15) is 23.4 Å². The Balaban J connectivity index is 1.31. The summed E-state index contributed by atoms with van der Waals surface area (Å²) in [7, 11) is 0. The lowest BCUT2D eigenvalue weighted by Gasteiger charge is -2.37. The van der Waals surface area contributed by atoms with E-state index in [9.17, 15) is 18.4 Å². The number of likely N-dealkylation sites (tertiary alicyclic amines) is 1. The zero-order valence-corrected chi connectivity index (χ0v) is 18.3. The van der Waals surface area contributed by atoms with Crippen molar-refractivity contribution >= 4 is 11.8 Å². The molecule has 0 radical (unpaired) electrons. The van der Waals surface area contributed by atoms with E-state index in [1.165, 1.54) is 12.1 Å². The minimum atomic E-state index is -1.01. The van der Waals surface area contributed by atoms with Crippen LogP contribution in [0.4, 0.5) is 8.78 Å². The van der Waals surface area contributed by atoms with Gasteiger partial charge in [0.25, 0.3) is 11.8 Å². The molecule has 0 N–H and O–H groups in total. The van der Waals surface area contributed by atoms with E-state index >= 15 is 0 Å². The van der Waals surface area contributed by atoms with Gasteiger partial charge in [0, 0.05) is 38.2 Å². The number of fused-ring (bicyclic) bond motifs is 1. The molecule has 9 heteroatoms. The van der Waals surface area contributed by atoms with E-state index in [1.54, 1.807) is 28.1 Å². The van der Waals surface area contributed by atoms with E-state index in [-0.39, 0.29) is 11.8 Å². The van der Waals surface area contributed by atoms with Gasteiger partial charge < -0.3 is 19.3 Å². The monoisotopic (exact) mass is 457 g/mol. The quantitative estimate of drug-likeness (QED) is 0.703. The maximum atomic E-state index is 13.8. The Bertz CT molecular complexity index is 1070. The van der Waals surface area contributed by atoms with E-state index < -0.39 is 29.5 Å². The van der Waals surface area contributed by atoms with Crippen LogP contribution in [0.1, 0.15) is 54.6 Å². The molecule has 2 aromatic rings. The molecule has 4 heterocycles. The molecule has 2 atom stereocenters. The summed E-state index contributed by atoms with van der Waals surface area (Å²) in [6.45, 7) is 2.93. The second kappa shape index (κ2) is 8.37. The Morgan fingerprint density at radius 2 is 1.94 bits per heavy atom. The van der Waals surface area contributed by atoms with Gasteiger partial charge in [-0.3, -0.25) is 9.59 Å². The lowest BCUT2D eigenvalue weighted by atomic mass is 9.89. The smallest absolute Gasteiger partial charge is 0.259 e. The molecule has 1 spiro atoms. The SMILES string of the molecule is CCOc1ncccc1C(=O)N1CCC2(CC1)O[C@@H]1CC[C@@H](c3cc(F)cc(F)c3)N1C2=O. The summed E-state index contributed by atoms with van der Waals surface area (Å²) >= 11 is 0. The number of hydrogen-bond acceptors (Lipinski definition) is 5. The number of aromatic nitrogens is 1. The lowest BCUT2D eigenvalue weighted by Crippen LogP contribution is -2.51. The zero-order valence-electron chi connectivity index (χ0n) is 18.3. The molecule has 1 aromatic heterocycles. The number of nitrogens with zero attached hydrogens (tertiary/aromatic N) is 3. The van der Waals surface area contributed by atoms with Gasteiger partial charge in [0.15, 0.2) is 5.60 Å². The highest BCUT2D eigenvalue weighted by Crippen LogP contribution is 2.47. The number of amides is 2. The molecule has 174 valence electrons. The van der Waals surface area contributed by atoms with Crippen molar-refractivity contribution in [3.05, 3.63) is 59.3 Å².